The maximum atomic E-state index is 4.35. The molecule has 4 heteroatoms. The van der Waals surface area contributed by atoms with Crippen molar-refractivity contribution in [1.29, 1.82) is 0 Å². The van der Waals surface area contributed by atoms with Crippen LogP contribution in [0.3, 0.4) is 0 Å². The third-order valence-electron chi connectivity index (χ3n) is 4.10. The molecule has 0 aromatic carbocycles. The Bertz CT molecular complexity index is 363. The maximum absolute atomic E-state index is 4.35. The van der Waals surface area contributed by atoms with Crippen LogP contribution in [0.2, 0.25) is 0 Å². The lowest BCUT2D eigenvalue weighted by Gasteiger charge is -2.42. The molecule has 0 saturated heterocycles. The minimum Gasteiger partial charge on any atom is -0.313 e. The van der Waals surface area contributed by atoms with E-state index in [2.05, 4.69) is 15.4 Å². The Morgan fingerprint density at radius 2 is 2.31 bits per heavy atom. The van der Waals surface area contributed by atoms with Crippen LogP contribution in [0.1, 0.15) is 37.9 Å². The van der Waals surface area contributed by atoms with Gasteiger partial charge >= 0.3 is 0 Å². The van der Waals surface area contributed by atoms with Crippen LogP contribution in [0, 0.1) is 5.41 Å². The molecule has 3 rings (SSSR count). The van der Waals surface area contributed by atoms with Crippen molar-refractivity contribution >= 4 is 0 Å². The molecule has 0 bridgehead atoms. The molecule has 0 atom stereocenters. The maximum Gasteiger partial charge on any atom is 0.138 e. The normalized spacial score (nSPS) is 23.1. The van der Waals surface area contributed by atoms with Crippen LogP contribution in [0.25, 0.3) is 0 Å². The predicted octanol–water partition coefficient (Wildman–Crippen LogP) is 1.28. The Balaban J connectivity index is 1.62. The molecule has 2 aliphatic rings. The highest BCUT2D eigenvalue weighted by atomic mass is 15.3. The molecular weight excluding hydrogens is 200 g/mol. The number of hydrogen-bond acceptors (Lipinski definition) is 3. The van der Waals surface area contributed by atoms with Crippen molar-refractivity contribution in [2.24, 2.45) is 12.5 Å². The van der Waals surface area contributed by atoms with Gasteiger partial charge in [0.1, 0.15) is 12.2 Å². The van der Waals surface area contributed by atoms with Crippen molar-refractivity contribution in [1.82, 2.24) is 20.1 Å². The molecule has 0 aliphatic heterocycles. The summed E-state index contributed by atoms with van der Waals surface area (Å²) in [4.78, 5) is 4.35. The predicted molar refractivity (Wildman–Crippen MR) is 62.0 cm³/mol. The fourth-order valence-corrected chi connectivity index (χ4v) is 2.56. The average Bonchev–Trinajstić information content (AvgIpc) is 2.96. The number of rotatable bonds is 5. The Hall–Kier alpha value is -0.900. The van der Waals surface area contributed by atoms with Crippen molar-refractivity contribution in [3.8, 4) is 0 Å². The Morgan fingerprint density at radius 1 is 1.50 bits per heavy atom. The minimum atomic E-state index is 0.476. The quantitative estimate of drug-likeness (QED) is 0.813. The van der Waals surface area contributed by atoms with E-state index >= 15 is 0 Å². The number of nitrogens with zero attached hydrogens (tertiary/aromatic N) is 3. The summed E-state index contributed by atoms with van der Waals surface area (Å²) in [7, 11) is 1.99. The average molecular weight is 220 g/mol. The molecule has 0 radical (unpaired) electrons. The number of aryl methyl sites for hydroxylation is 1. The number of hydrogen-bond donors (Lipinski definition) is 1. The van der Waals surface area contributed by atoms with Crippen LogP contribution >= 0.6 is 0 Å². The summed E-state index contributed by atoms with van der Waals surface area (Å²) in [5.41, 5.74) is 0.476. The van der Waals surface area contributed by atoms with Gasteiger partial charge < -0.3 is 5.32 Å². The molecule has 1 aromatic heterocycles. The van der Waals surface area contributed by atoms with Crippen LogP contribution in [-0.2, 0) is 13.5 Å². The van der Waals surface area contributed by atoms with Crippen molar-refractivity contribution in [3.63, 3.8) is 0 Å². The van der Waals surface area contributed by atoms with Crippen LogP contribution in [0.15, 0.2) is 6.33 Å². The molecule has 2 fully saturated rings. The topological polar surface area (TPSA) is 42.7 Å². The molecule has 1 heterocycles. The third kappa shape index (κ3) is 1.98. The van der Waals surface area contributed by atoms with Gasteiger partial charge in [-0.2, -0.15) is 5.10 Å². The molecule has 0 spiro atoms. The molecule has 1 aromatic rings. The minimum absolute atomic E-state index is 0.476. The third-order valence-corrected chi connectivity index (χ3v) is 4.10. The first-order chi connectivity index (χ1) is 7.77. The molecule has 0 unspecified atom stereocenters. The number of nitrogens with one attached hydrogen (secondary N) is 1. The van der Waals surface area contributed by atoms with E-state index in [4.69, 9.17) is 0 Å². The van der Waals surface area contributed by atoms with Gasteiger partial charge in [-0.05, 0) is 31.1 Å². The lowest BCUT2D eigenvalue weighted by atomic mass is 9.66. The molecule has 88 valence electrons. The molecule has 4 nitrogen and oxygen atoms in total. The van der Waals surface area contributed by atoms with Crippen molar-refractivity contribution in [3.05, 3.63) is 12.2 Å². The molecule has 2 aliphatic carbocycles. The standard InChI is InChI=1S/C12H20N4/c1-16-11(14-9-15-16)7-12(5-2-6-12)8-13-10-3-4-10/h9-10,13H,2-8H2,1H3. The van der Waals surface area contributed by atoms with E-state index < -0.39 is 0 Å². The zero-order chi connectivity index (χ0) is 11.0. The second kappa shape index (κ2) is 3.84. The summed E-state index contributed by atoms with van der Waals surface area (Å²) in [6.07, 6.45) is 9.57. The van der Waals surface area contributed by atoms with Crippen molar-refractivity contribution < 1.29 is 0 Å². The fraction of sp³-hybridized carbons (Fsp3) is 0.833. The largest absolute Gasteiger partial charge is 0.313 e. The first kappa shape index (κ1) is 10.3. The van der Waals surface area contributed by atoms with Gasteiger partial charge in [-0.3, -0.25) is 4.68 Å². The Morgan fingerprint density at radius 3 is 2.81 bits per heavy atom. The van der Waals surface area contributed by atoms with Gasteiger partial charge in [-0.15, -0.1) is 0 Å². The first-order valence-corrected chi connectivity index (χ1v) is 6.34. The molecular formula is C12H20N4. The van der Waals surface area contributed by atoms with Gasteiger partial charge in [0.2, 0.25) is 0 Å². The van der Waals surface area contributed by atoms with E-state index in [0.29, 0.717) is 5.41 Å². The summed E-state index contributed by atoms with van der Waals surface area (Å²) < 4.78 is 1.91. The van der Waals surface area contributed by atoms with Gasteiger partial charge in [-0.25, -0.2) is 4.98 Å². The lowest BCUT2D eigenvalue weighted by Crippen LogP contribution is -2.42. The Labute approximate surface area is 96.4 Å². The van der Waals surface area contributed by atoms with Crippen molar-refractivity contribution in [2.45, 2.75) is 44.6 Å². The van der Waals surface area contributed by atoms with Gasteiger partial charge in [0.15, 0.2) is 0 Å². The molecule has 16 heavy (non-hydrogen) atoms. The molecule has 1 N–H and O–H groups in total. The van der Waals surface area contributed by atoms with E-state index in [1.54, 1.807) is 6.33 Å². The van der Waals surface area contributed by atoms with Crippen molar-refractivity contribution in [2.75, 3.05) is 6.54 Å². The van der Waals surface area contributed by atoms with E-state index in [1.165, 1.54) is 38.6 Å². The van der Waals surface area contributed by atoms with Gasteiger partial charge in [0.05, 0.1) is 0 Å². The van der Waals surface area contributed by atoms with Gasteiger partial charge in [-0.1, -0.05) is 6.42 Å². The molecule has 0 amide bonds. The second-order valence-corrected chi connectivity index (χ2v) is 5.49. The summed E-state index contributed by atoms with van der Waals surface area (Å²) in [5.74, 6) is 1.14. The van der Waals surface area contributed by atoms with Gasteiger partial charge in [0.25, 0.3) is 0 Å². The van der Waals surface area contributed by atoms with Crippen LogP contribution in [-0.4, -0.2) is 27.4 Å². The highest BCUT2D eigenvalue weighted by molar-refractivity contribution is 5.00. The van der Waals surface area contributed by atoms with E-state index in [0.717, 1.165) is 18.3 Å². The summed E-state index contributed by atoms with van der Waals surface area (Å²) in [5, 5.41) is 7.83. The summed E-state index contributed by atoms with van der Waals surface area (Å²) in [6.45, 7) is 1.17. The first-order valence-electron chi connectivity index (χ1n) is 6.34. The summed E-state index contributed by atoms with van der Waals surface area (Å²) >= 11 is 0. The van der Waals surface area contributed by atoms with E-state index in [-0.39, 0.29) is 0 Å². The monoisotopic (exact) mass is 220 g/mol. The highest BCUT2D eigenvalue weighted by Crippen LogP contribution is 2.43. The zero-order valence-electron chi connectivity index (χ0n) is 9.95. The van der Waals surface area contributed by atoms with Crippen LogP contribution in [0.4, 0.5) is 0 Å². The molecule has 2 saturated carbocycles. The van der Waals surface area contributed by atoms with Gasteiger partial charge in [0, 0.05) is 26.1 Å². The fourth-order valence-electron chi connectivity index (χ4n) is 2.56. The van der Waals surface area contributed by atoms with E-state index in [9.17, 15) is 0 Å². The highest BCUT2D eigenvalue weighted by Gasteiger charge is 2.39. The zero-order valence-corrected chi connectivity index (χ0v) is 9.95. The Kier molecular flexibility index (Phi) is 2.46. The summed E-state index contributed by atoms with van der Waals surface area (Å²) in [6, 6.07) is 0.817. The SMILES string of the molecule is Cn1ncnc1CC1(CNC2CC2)CCC1. The smallest absolute Gasteiger partial charge is 0.138 e. The second-order valence-electron chi connectivity index (χ2n) is 5.49. The lowest BCUT2D eigenvalue weighted by molar-refractivity contribution is 0.125. The van der Waals surface area contributed by atoms with Crippen LogP contribution < -0.4 is 5.32 Å². The number of aromatic nitrogens is 3. The van der Waals surface area contributed by atoms with E-state index in [1.807, 2.05) is 11.7 Å². The van der Waals surface area contributed by atoms with Crippen LogP contribution in [0.5, 0.6) is 0 Å².